The summed E-state index contributed by atoms with van der Waals surface area (Å²) in [5.74, 6) is -0.129. The predicted octanol–water partition coefficient (Wildman–Crippen LogP) is 2.08. The number of halogens is 1. The lowest BCUT2D eigenvalue weighted by Crippen LogP contribution is -2.37. The Kier molecular flexibility index (Phi) is 4.77. The average molecular weight is 265 g/mol. The second-order valence-electron chi connectivity index (χ2n) is 5.47. The van der Waals surface area contributed by atoms with Crippen LogP contribution in [0.15, 0.2) is 18.2 Å². The third-order valence-corrected chi connectivity index (χ3v) is 3.96. The first-order valence-corrected chi connectivity index (χ1v) is 6.96. The van der Waals surface area contributed by atoms with Gasteiger partial charge in [-0.25, -0.2) is 4.39 Å². The summed E-state index contributed by atoms with van der Waals surface area (Å²) in [7, 11) is 5.99. The number of likely N-dealkylation sites (tertiary alicyclic amines) is 1. The molecule has 1 aromatic carbocycles. The number of likely N-dealkylation sites (N-methyl/N-ethyl adjacent to an activating group) is 2. The van der Waals surface area contributed by atoms with E-state index in [9.17, 15) is 4.39 Å². The Balaban J connectivity index is 2.04. The molecule has 1 aliphatic heterocycles. The molecule has 0 saturated carbocycles. The van der Waals surface area contributed by atoms with Crippen LogP contribution in [-0.2, 0) is 6.54 Å². The van der Waals surface area contributed by atoms with Gasteiger partial charge in [-0.3, -0.25) is 0 Å². The molecular formula is C15H24FN3. The summed E-state index contributed by atoms with van der Waals surface area (Å²) in [6.07, 6.45) is 2.46. The fourth-order valence-electron chi connectivity index (χ4n) is 2.80. The highest BCUT2D eigenvalue weighted by Gasteiger charge is 2.23. The van der Waals surface area contributed by atoms with Gasteiger partial charge in [-0.15, -0.1) is 0 Å². The van der Waals surface area contributed by atoms with E-state index in [0.29, 0.717) is 18.3 Å². The lowest BCUT2D eigenvalue weighted by Gasteiger charge is -2.27. The van der Waals surface area contributed by atoms with Crippen LogP contribution in [0.1, 0.15) is 18.4 Å². The van der Waals surface area contributed by atoms with Crippen molar-refractivity contribution in [3.63, 3.8) is 0 Å². The fourth-order valence-corrected chi connectivity index (χ4v) is 2.80. The number of nitrogens with zero attached hydrogens (tertiary/aromatic N) is 2. The van der Waals surface area contributed by atoms with E-state index in [1.54, 1.807) is 6.07 Å². The number of rotatable bonds is 5. The van der Waals surface area contributed by atoms with Gasteiger partial charge in [0.15, 0.2) is 0 Å². The molecule has 0 aliphatic carbocycles. The molecule has 1 aliphatic rings. The van der Waals surface area contributed by atoms with Crippen LogP contribution >= 0.6 is 0 Å². The van der Waals surface area contributed by atoms with Crippen molar-refractivity contribution in [2.45, 2.75) is 25.4 Å². The highest BCUT2D eigenvalue weighted by molar-refractivity contribution is 5.48. The summed E-state index contributed by atoms with van der Waals surface area (Å²) in [4.78, 5) is 4.40. The SMILES string of the molecule is CNCc1ccc(N(C)CC2CCCN2C)c(F)c1. The minimum absolute atomic E-state index is 0.129. The Bertz CT molecular complexity index is 422. The molecule has 4 heteroatoms. The first-order valence-electron chi connectivity index (χ1n) is 6.96. The molecule has 0 radical (unpaired) electrons. The van der Waals surface area contributed by atoms with Gasteiger partial charge < -0.3 is 15.1 Å². The highest BCUT2D eigenvalue weighted by Crippen LogP contribution is 2.22. The van der Waals surface area contributed by atoms with Crippen molar-refractivity contribution < 1.29 is 4.39 Å². The van der Waals surface area contributed by atoms with Crippen molar-refractivity contribution in [2.24, 2.45) is 0 Å². The Hall–Kier alpha value is -1.13. The molecule has 1 unspecified atom stereocenters. The third-order valence-electron chi connectivity index (χ3n) is 3.96. The van der Waals surface area contributed by atoms with Gasteiger partial charge in [-0.05, 0) is 51.2 Å². The molecule has 0 bridgehead atoms. The summed E-state index contributed by atoms with van der Waals surface area (Å²) in [5, 5.41) is 3.04. The molecule has 2 rings (SSSR count). The van der Waals surface area contributed by atoms with Crippen molar-refractivity contribution in [1.82, 2.24) is 10.2 Å². The van der Waals surface area contributed by atoms with Crippen molar-refractivity contribution in [3.8, 4) is 0 Å². The molecule has 1 N–H and O–H groups in total. The van der Waals surface area contributed by atoms with Crippen molar-refractivity contribution in [2.75, 3.05) is 39.1 Å². The normalized spacial score (nSPS) is 19.9. The molecule has 1 atom stereocenters. The van der Waals surface area contributed by atoms with E-state index in [-0.39, 0.29) is 5.82 Å². The molecule has 19 heavy (non-hydrogen) atoms. The van der Waals surface area contributed by atoms with E-state index >= 15 is 0 Å². The van der Waals surface area contributed by atoms with Gasteiger partial charge in [0.1, 0.15) is 5.82 Å². The Labute approximate surface area is 115 Å². The van der Waals surface area contributed by atoms with E-state index in [1.165, 1.54) is 12.8 Å². The first kappa shape index (κ1) is 14.3. The van der Waals surface area contributed by atoms with Crippen molar-refractivity contribution >= 4 is 5.69 Å². The van der Waals surface area contributed by atoms with Crippen LogP contribution in [0.25, 0.3) is 0 Å². The molecule has 1 aromatic rings. The first-order chi connectivity index (χ1) is 9.11. The van der Waals surface area contributed by atoms with E-state index in [4.69, 9.17) is 0 Å². The van der Waals surface area contributed by atoms with Crippen LogP contribution in [0.3, 0.4) is 0 Å². The molecule has 106 valence electrons. The predicted molar refractivity (Wildman–Crippen MR) is 78.1 cm³/mol. The van der Waals surface area contributed by atoms with Crippen LogP contribution in [0, 0.1) is 5.82 Å². The minimum atomic E-state index is -0.129. The van der Waals surface area contributed by atoms with Crippen molar-refractivity contribution in [1.29, 1.82) is 0 Å². The Morgan fingerprint density at radius 1 is 1.47 bits per heavy atom. The van der Waals surface area contributed by atoms with Crippen LogP contribution in [0.2, 0.25) is 0 Å². The standard InChI is InChI=1S/C15H24FN3/c1-17-10-12-6-7-15(14(16)9-12)19(3)11-13-5-4-8-18(13)2/h6-7,9,13,17H,4-5,8,10-11H2,1-3H3. The van der Waals surface area contributed by atoms with E-state index in [2.05, 4.69) is 17.3 Å². The Morgan fingerprint density at radius 3 is 2.84 bits per heavy atom. The zero-order chi connectivity index (χ0) is 13.8. The fraction of sp³-hybridized carbons (Fsp3) is 0.600. The van der Waals surface area contributed by atoms with Gasteiger partial charge >= 0.3 is 0 Å². The zero-order valence-electron chi connectivity index (χ0n) is 12.1. The van der Waals surface area contributed by atoms with Crippen LogP contribution < -0.4 is 10.2 Å². The maximum absolute atomic E-state index is 14.1. The summed E-state index contributed by atoms with van der Waals surface area (Å²) in [6, 6.07) is 6.04. The quantitative estimate of drug-likeness (QED) is 0.879. The second kappa shape index (κ2) is 6.35. The van der Waals surface area contributed by atoms with Gasteiger partial charge in [0, 0.05) is 26.2 Å². The lowest BCUT2D eigenvalue weighted by atomic mass is 10.1. The number of anilines is 1. The lowest BCUT2D eigenvalue weighted by molar-refractivity contribution is 0.314. The van der Waals surface area contributed by atoms with Gasteiger partial charge in [0.05, 0.1) is 5.69 Å². The van der Waals surface area contributed by atoms with Crippen molar-refractivity contribution in [3.05, 3.63) is 29.6 Å². The highest BCUT2D eigenvalue weighted by atomic mass is 19.1. The van der Waals surface area contributed by atoms with Crippen LogP contribution in [-0.4, -0.2) is 45.2 Å². The molecule has 0 amide bonds. The average Bonchev–Trinajstić information content (AvgIpc) is 2.75. The molecule has 0 aromatic heterocycles. The van der Waals surface area contributed by atoms with Gasteiger partial charge in [-0.2, -0.15) is 0 Å². The minimum Gasteiger partial charge on any atom is -0.371 e. The molecule has 1 fully saturated rings. The number of nitrogens with one attached hydrogen (secondary N) is 1. The van der Waals surface area contributed by atoms with E-state index < -0.39 is 0 Å². The second-order valence-corrected chi connectivity index (χ2v) is 5.47. The molecule has 0 spiro atoms. The van der Waals surface area contributed by atoms with Crippen LogP contribution in [0.5, 0.6) is 0 Å². The summed E-state index contributed by atoms with van der Waals surface area (Å²) < 4.78 is 14.1. The van der Waals surface area contributed by atoms with E-state index in [0.717, 1.165) is 18.7 Å². The van der Waals surface area contributed by atoms with Crippen LogP contribution in [0.4, 0.5) is 10.1 Å². The Morgan fingerprint density at radius 2 is 2.26 bits per heavy atom. The third kappa shape index (κ3) is 3.45. The largest absolute Gasteiger partial charge is 0.371 e. The van der Waals surface area contributed by atoms with E-state index in [1.807, 2.05) is 31.1 Å². The smallest absolute Gasteiger partial charge is 0.146 e. The topological polar surface area (TPSA) is 18.5 Å². The molecule has 1 saturated heterocycles. The monoisotopic (exact) mass is 265 g/mol. The number of benzene rings is 1. The summed E-state index contributed by atoms with van der Waals surface area (Å²) in [5.41, 5.74) is 1.68. The number of hydrogen-bond acceptors (Lipinski definition) is 3. The number of hydrogen-bond donors (Lipinski definition) is 1. The summed E-state index contributed by atoms with van der Waals surface area (Å²) >= 11 is 0. The molecule has 3 nitrogen and oxygen atoms in total. The zero-order valence-corrected chi connectivity index (χ0v) is 12.1. The van der Waals surface area contributed by atoms with Gasteiger partial charge in [-0.1, -0.05) is 6.07 Å². The van der Waals surface area contributed by atoms with Gasteiger partial charge in [0.2, 0.25) is 0 Å². The van der Waals surface area contributed by atoms with Gasteiger partial charge in [0.25, 0.3) is 0 Å². The maximum atomic E-state index is 14.1. The molecular weight excluding hydrogens is 241 g/mol. The summed E-state index contributed by atoms with van der Waals surface area (Å²) in [6.45, 7) is 2.74. The maximum Gasteiger partial charge on any atom is 0.146 e. The molecule has 1 heterocycles.